The zero-order valence-corrected chi connectivity index (χ0v) is 11.2. The smallest absolute Gasteiger partial charge is 0.365 e. The summed E-state index contributed by atoms with van der Waals surface area (Å²) < 4.78 is 42.2. The van der Waals surface area contributed by atoms with Crippen LogP contribution in [0.2, 0.25) is 5.02 Å². The van der Waals surface area contributed by atoms with Crippen molar-refractivity contribution >= 4 is 11.6 Å². The second-order valence-corrected chi connectivity index (χ2v) is 5.53. The molecule has 1 aliphatic rings. The standard InChI is InChI=1S/C14H16ClF3O/c15-12-5-3-11(4-6-12)9-13(7-1-2-8-13)19-10-14(16,17)18/h3-6H,1-2,7-10H2. The van der Waals surface area contributed by atoms with Gasteiger partial charge in [-0.15, -0.1) is 0 Å². The molecule has 1 aromatic rings. The summed E-state index contributed by atoms with van der Waals surface area (Å²) in [5.41, 5.74) is 0.303. The van der Waals surface area contributed by atoms with Crippen molar-refractivity contribution in [3.05, 3.63) is 34.9 Å². The highest BCUT2D eigenvalue weighted by Gasteiger charge is 2.39. The first-order chi connectivity index (χ1) is 8.89. The highest BCUT2D eigenvalue weighted by atomic mass is 35.5. The molecule has 1 aromatic carbocycles. The second kappa shape index (κ2) is 5.71. The number of alkyl halides is 3. The summed E-state index contributed by atoms with van der Waals surface area (Å²) >= 11 is 5.80. The Morgan fingerprint density at radius 1 is 1.11 bits per heavy atom. The molecule has 5 heteroatoms. The fourth-order valence-electron chi connectivity index (χ4n) is 2.60. The number of ether oxygens (including phenoxy) is 1. The Bertz CT molecular complexity index is 408. The van der Waals surface area contributed by atoms with Crippen molar-refractivity contribution < 1.29 is 17.9 Å². The number of hydrogen-bond donors (Lipinski definition) is 0. The molecule has 1 fully saturated rings. The molecule has 1 saturated carbocycles. The van der Waals surface area contributed by atoms with E-state index in [1.54, 1.807) is 12.1 Å². The normalized spacial score (nSPS) is 18.7. The van der Waals surface area contributed by atoms with Gasteiger partial charge in [0.1, 0.15) is 6.61 Å². The fraction of sp³-hybridized carbons (Fsp3) is 0.571. The Balaban J connectivity index is 2.05. The third-order valence-electron chi connectivity index (χ3n) is 3.50. The maximum absolute atomic E-state index is 12.3. The molecule has 0 aromatic heterocycles. The summed E-state index contributed by atoms with van der Waals surface area (Å²) in [4.78, 5) is 0. The van der Waals surface area contributed by atoms with Gasteiger partial charge in [-0.05, 0) is 30.5 Å². The maximum Gasteiger partial charge on any atom is 0.411 e. The van der Waals surface area contributed by atoms with E-state index in [-0.39, 0.29) is 0 Å². The molecular formula is C14H16ClF3O. The summed E-state index contributed by atoms with van der Waals surface area (Å²) in [6.45, 7) is -1.17. The highest BCUT2D eigenvalue weighted by molar-refractivity contribution is 6.30. The van der Waals surface area contributed by atoms with Crippen molar-refractivity contribution in [1.82, 2.24) is 0 Å². The molecule has 0 atom stereocenters. The molecule has 19 heavy (non-hydrogen) atoms. The third kappa shape index (κ3) is 4.39. The first-order valence-corrected chi connectivity index (χ1v) is 6.72. The first-order valence-electron chi connectivity index (χ1n) is 6.34. The Morgan fingerprint density at radius 2 is 1.68 bits per heavy atom. The maximum atomic E-state index is 12.3. The minimum atomic E-state index is -4.27. The summed E-state index contributed by atoms with van der Waals surface area (Å²) in [5.74, 6) is 0. The lowest BCUT2D eigenvalue weighted by molar-refractivity contribution is -0.204. The van der Waals surface area contributed by atoms with Crippen molar-refractivity contribution in [2.24, 2.45) is 0 Å². The Morgan fingerprint density at radius 3 is 2.21 bits per heavy atom. The van der Waals surface area contributed by atoms with Crippen LogP contribution in [-0.2, 0) is 11.2 Å². The fourth-order valence-corrected chi connectivity index (χ4v) is 2.73. The van der Waals surface area contributed by atoms with Gasteiger partial charge in [0.05, 0.1) is 5.60 Å². The van der Waals surface area contributed by atoms with E-state index < -0.39 is 18.4 Å². The van der Waals surface area contributed by atoms with Crippen molar-refractivity contribution in [2.75, 3.05) is 6.61 Å². The molecule has 0 amide bonds. The van der Waals surface area contributed by atoms with Crippen LogP contribution in [0.15, 0.2) is 24.3 Å². The van der Waals surface area contributed by atoms with Crippen molar-refractivity contribution in [3.8, 4) is 0 Å². The van der Waals surface area contributed by atoms with Crippen LogP contribution in [0.5, 0.6) is 0 Å². The molecule has 0 aliphatic heterocycles. The van der Waals surface area contributed by atoms with Crippen LogP contribution >= 0.6 is 11.6 Å². The molecule has 1 nitrogen and oxygen atoms in total. The monoisotopic (exact) mass is 292 g/mol. The van der Waals surface area contributed by atoms with Gasteiger partial charge in [-0.1, -0.05) is 36.6 Å². The molecule has 0 N–H and O–H groups in total. The molecule has 0 saturated heterocycles. The van der Waals surface area contributed by atoms with Crippen LogP contribution in [0.1, 0.15) is 31.2 Å². The molecule has 0 radical (unpaired) electrons. The minimum absolute atomic E-state index is 0.514. The van der Waals surface area contributed by atoms with Gasteiger partial charge >= 0.3 is 6.18 Å². The number of halogens is 4. The SMILES string of the molecule is FC(F)(F)COC1(Cc2ccc(Cl)cc2)CCCC1. The van der Waals surface area contributed by atoms with Gasteiger partial charge in [0.15, 0.2) is 0 Å². The third-order valence-corrected chi connectivity index (χ3v) is 3.75. The summed E-state index contributed by atoms with van der Waals surface area (Å²) in [6, 6.07) is 7.20. The number of hydrogen-bond acceptors (Lipinski definition) is 1. The van der Waals surface area contributed by atoms with E-state index in [4.69, 9.17) is 16.3 Å². The number of benzene rings is 1. The molecule has 0 spiro atoms. The lowest BCUT2D eigenvalue weighted by atomic mass is 9.92. The molecule has 0 heterocycles. The molecule has 106 valence electrons. The molecule has 0 unspecified atom stereocenters. The lowest BCUT2D eigenvalue weighted by Gasteiger charge is -2.30. The van der Waals surface area contributed by atoms with E-state index in [1.807, 2.05) is 12.1 Å². The molecule has 1 aliphatic carbocycles. The van der Waals surface area contributed by atoms with E-state index in [9.17, 15) is 13.2 Å². The van der Waals surface area contributed by atoms with Crippen LogP contribution in [0.3, 0.4) is 0 Å². The topological polar surface area (TPSA) is 9.23 Å². The predicted octanol–water partition coefficient (Wildman–Crippen LogP) is 4.77. The average Bonchev–Trinajstić information content (AvgIpc) is 2.78. The van der Waals surface area contributed by atoms with Crippen LogP contribution in [0, 0.1) is 0 Å². The molecule has 0 bridgehead atoms. The quantitative estimate of drug-likeness (QED) is 0.776. The highest BCUT2D eigenvalue weighted by Crippen LogP contribution is 2.37. The van der Waals surface area contributed by atoms with Crippen molar-refractivity contribution in [3.63, 3.8) is 0 Å². The largest absolute Gasteiger partial charge is 0.411 e. The Labute approximate surface area is 115 Å². The van der Waals surface area contributed by atoms with Crippen molar-refractivity contribution in [2.45, 2.75) is 43.9 Å². The molecular weight excluding hydrogens is 277 g/mol. The first kappa shape index (κ1) is 14.7. The van der Waals surface area contributed by atoms with E-state index in [0.717, 1.165) is 18.4 Å². The van der Waals surface area contributed by atoms with Crippen LogP contribution in [0.25, 0.3) is 0 Å². The van der Waals surface area contributed by atoms with Crippen LogP contribution in [-0.4, -0.2) is 18.4 Å². The predicted molar refractivity (Wildman–Crippen MR) is 68.4 cm³/mol. The lowest BCUT2D eigenvalue weighted by Crippen LogP contribution is -2.35. The zero-order chi connectivity index (χ0) is 13.9. The Kier molecular flexibility index (Phi) is 4.41. The van der Waals surface area contributed by atoms with Gasteiger partial charge < -0.3 is 4.74 Å². The van der Waals surface area contributed by atoms with Gasteiger partial charge in [-0.25, -0.2) is 0 Å². The van der Waals surface area contributed by atoms with E-state index in [1.165, 1.54) is 0 Å². The van der Waals surface area contributed by atoms with E-state index in [2.05, 4.69) is 0 Å². The summed E-state index contributed by atoms with van der Waals surface area (Å²) in [5, 5.41) is 0.625. The number of rotatable bonds is 4. The average molecular weight is 293 g/mol. The zero-order valence-electron chi connectivity index (χ0n) is 10.5. The van der Waals surface area contributed by atoms with Gasteiger partial charge in [0, 0.05) is 11.4 Å². The van der Waals surface area contributed by atoms with Gasteiger partial charge in [-0.2, -0.15) is 13.2 Å². The van der Waals surface area contributed by atoms with Gasteiger partial charge in [-0.3, -0.25) is 0 Å². The molecule has 2 rings (SSSR count). The van der Waals surface area contributed by atoms with Crippen LogP contribution < -0.4 is 0 Å². The van der Waals surface area contributed by atoms with E-state index in [0.29, 0.717) is 24.3 Å². The second-order valence-electron chi connectivity index (χ2n) is 5.10. The van der Waals surface area contributed by atoms with Crippen LogP contribution in [0.4, 0.5) is 13.2 Å². The van der Waals surface area contributed by atoms with Gasteiger partial charge in [0.2, 0.25) is 0 Å². The Hall–Kier alpha value is -0.740. The van der Waals surface area contributed by atoms with E-state index >= 15 is 0 Å². The minimum Gasteiger partial charge on any atom is -0.365 e. The van der Waals surface area contributed by atoms with Gasteiger partial charge in [0.25, 0.3) is 0 Å². The summed E-state index contributed by atoms with van der Waals surface area (Å²) in [6.07, 6.45) is -0.538. The van der Waals surface area contributed by atoms with Crippen molar-refractivity contribution in [1.29, 1.82) is 0 Å². The summed E-state index contributed by atoms with van der Waals surface area (Å²) in [7, 11) is 0.